The molecule has 29 heavy (non-hydrogen) atoms. The Morgan fingerprint density at radius 3 is 2.76 bits per heavy atom. The van der Waals surface area contributed by atoms with Crippen LogP contribution in [0.4, 0.5) is 5.69 Å². The van der Waals surface area contributed by atoms with Crippen LogP contribution < -0.4 is 15.8 Å². The summed E-state index contributed by atoms with van der Waals surface area (Å²) in [6.07, 6.45) is 0.878. The Bertz CT molecular complexity index is 875. The van der Waals surface area contributed by atoms with Crippen LogP contribution in [0.1, 0.15) is 48.4 Å². The molecule has 0 saturated carbocycles. The number of nitrogens with two attached hydrogens (primary N) is 1. The highest BCUT2D eigenvalue weighted by molar-refractivity contribution is 5.80. The Morgan fingerprint density at radius 1 is 1.28 bits per heavy atom. The highest BCUT2D eigenvalue weighted by Gasteiger charge is 2.27. The third-order valence-corrected chi connectivity index (χ3v) is 6.01. The van der Waals surface area contributed by atoms with Gasteiger partial charge in [0.1, 0.15) is 18.5 Å². The van der Waals surface area contributed by atoms with Crippen molar-refractivity contribution in [2.75, 3.05) is 25.0 Å². The molecule has 154 valence electrons. The number of aliphatic hydroxyl groups excluding tert-OH is 1. The highest BCUT2D eigenvalue weighted by atomic mass is 16.5. The van der Waals surface area contributed by atoms with Crippen molar-refractivity contribution in [1.82, 2.24) is 4.90 Å². The number of carbonyl (C=O) groups excluding carboxylic acids is 1. The number of para-hydroxylation sites is 1. The molecule has 1 fully saturated rings. The van der Waals surface area contributed by atoms with Crippen molar-refractivity contribution in [3.8, 4) is 5.75 Å². The number of fused-ring (bicyclic) bond motifs is 1. The third kappa shape index (κ3) is 4.09. The van der Waals surface area contributed by atoms with E-state index in [0.29, 0.717) is 32.2 Å². The molecule has 4 rings (SSSR count). The number of benzene rings is 2. The fourth-order valence-corrected chi connectivity index (χ4v) is 4.34. The van der Waals surface area contributed by atoms with Gasteiger partial charge in [-0.3, -0.25) is 4.79 Å². The monoisotopic (exact) mass is 395 g/mol. The van der Waals surface area contributed by atoms with Crippen LogP contribution in [0, 0.1) is 0 Å². The number of likely N-dealkylation sites (tertiary alicyclic amines) is 1. The molecule has 2 aliphatic heterocycles. The summed E-state index contributed by atoms with van der Waals surface area (Å²) in [5.41, 5.74) is 10.6. The fourth-order valence-electron chi connectivity index (χ4n) is 4.34. The molecule has 0 aliphatic carbocycles. The van der Waals surface area contributed by atoms with Gasteiger partial charge in [0, 0.05) is 30.9 Å². The van der Waals surface area contributed by atoms with Gasteiger partial charge in [-0.15, -0.1) is 0 Å². The fraction of sp³-hybridized carbons (Fsp3) is 0.435. The molecular formula is C23H29N3O3. The zero-order chi connectivity index (χ0) is 20.4. The molecule has 2 aromatic rings. The number of anilines is 1. The van der Waals surface area contributed by atoms with Crippen LogP contribution >= 0.6 is 0 Å². The molecular weight excluding hydrogens is 366 g/mol. The van der Waals surface area contributed by atoms with Crippen LogP contribution in [0.25, 0.3) is 0 Å². The average Bonchev–Trinajstić information content (AvgIpc) is 3.16. The number of amides is 1. The normalized spacial score (nSPS) is 20.1. The Morgan fingerprint density at radius 2 is 2.03 bits per heavy atom. The Hall–Kier alpha value is -2.57. The maximum atomic E-state index is 12.0. The van der Waals surface area contributed by atoms with Crippen LogP contribution in [0.15, 0.2) is 42.5 Å². The van der Waals surface area contributed by atoms with Crippen molar-refractivity contribution < 1.29 is 14.6 Å². The summed E-state index contributed by atoms with van der Waals surface area (Å²) < 4.78 is 5.78. The summed E-state index contributed by atoms with van der Waals surface area (Å²) in [5, 5.41) is 13.1. The van der Waals surface area contributed by atoms with Gasteiger partial charge in [-0.25, -0.2) is 0 Å². The largest absolute Gasteiger partial charge is 0.491 e. The van der Waals surface area contributed by atoms with Crippen molar-refractivity contribution in [1.29, 1.82) is 0 Å². The molecule has 2 aliphatic rings. The lowest BCUT2D eigenvalue weighted by atomic mass is 9.88. The molecule has 6 heteroatoms. The first kappa shape index (κ1) is 19.7. The van der Waals surface area contributed by atoms with Gasteiger partial charge in [-0.05, 0) is 48.9 Å². The van der Waals surface area contributed by atoms with E-state index in [1.807, 2.05) is 18.2 Å². The summed E-state index contributed by atoms with van der Waals surface area (Å²) in [5.74, 6) is 1.17. The van der Waals surface area contributed by atoms with Crippen molar-refractivity contribution in [2.45, 2.75) is 44.4 Å². The van der Waals surface area contributed by atoms with Gasteiger partial charge in [0.25, 0.3) is 5.91 Å². The summed E-state index contributed by atoms with van der Waals surface area (Å²) in [6, 6.07) is 14.7. The molecule has 2 atom stereocenters. The summed E-state index contributed by atoms with van der Waals surface area (Å²) in [6.45, 7) is 3.97. The molecule has 6 nitrogen and oxygen atoms in total. The van der Waals surface area contributed by atoms with Crippen LogP contribution in [0.3, 0.4) is 0 Å². The number of ether oxygens (including phenoxy) is 1. The van der Waals surface area contributed by atoms with Gasteiger partial charge >= 0.3 is 0 Å². The quantitative estimate of drug-likeness (QED) is 0.725. The lowest BCUT2D eigenvalue weighted by molar-refractivity contribution is -0.140. The van der Waals surface area contributed by atoms with Gasteiger partial charge in [0.2, 0.25) is 0 Å². The summed E-state index contributed by atoms with van der Waals surface area (Å²) >= 11 is 0. The molecule has 4 N–H and O–H groups in total. The first-order valence-electron chi connectivity index (χ1n) is 10.3. The third-order valence-electron chi connectivity index (χ3n) is 6.01. The summed E-state index contributed by atoms with van der Waals surface area (Å²) in [4.78, 5) is 13.7. The lowest BCUT2D eigenvalue weighted by Crippen LogP contribution is -2.42. The minimum Gasteiger partial charge on any atom is -0.491 e. The number of nitrogens with zero attached hydrogens (tertiary/aromatic N) is 1. The van der Waals surface area contributed by atoms with Gasteiger partial charge in [-0.1, -0.05) is 30.3 Å². The zero-order valence-corrected chi connectivity index (χ0v) is 16.8. The van der Waals surface area contributed by atoms with E-state index in [1.54, 1.807) is 4.90 Å². The first-order valence-corrected chi connectivity index (χ1v) is 10.3. The number of rotatable bonds is 5. The number of aliphatic hydroxyl groups is 1. The van der Waals surface area contributed by atoms with Gasteiger partial charge in [-0.2, -0.15) is 0 Å². The molecule has 1 saturated heterocycles. The minimum atomic E-state index is -0.926. The van der Waals surface area contributed by atoms with Gasteiger partial charge in [0.05, 0.1) is 6.04 Å². The standard InChI is InChI=1S/C23H29N3O3/c1-15(27)23(28)26-10-8-16(9-11-26)17-6-7-20(18(12-17)13-24)25-21-14-29-22-5-3-2-4-19(21)22/h2-7,12,15-16,21,25,27H,8-11,13-14,24H2,1H3/t15-,21?/m0/s1. The number of hydrogen-bond donors (Lipinski definition) is 3. The van der Waals surface area contributed by atoms with E-state index in [1.165, 1.54) is 18.1 Å². The Balaban J connectivity index is 1.45. The molecule has 1 unspecified atom stereocenters. The molecule has 0 spiro atoms. The second-order valence-electron chi connectivity index (χ2n) is 7.94. The predicted octanol–water partition coefficient (Wildman–Crippen LogP) is 2.78. The maximum absolute atomic E-state index is 12.0. The predicted molar refractivity (Wildman–Crippen MR) is 113 cm³/mol. The SMILES string of the molecule is C[C@H](O)C(=O)N1CCC(c2ccc(NC3COc4ccccc43)c(CN)c2)CC1. The molecule has 2 heterocycles. The van der Waals surface area contributed by atoms with Crippen molar-refractivity contribution >= 4 is 11.6 Å². The highest BCUT2D eigenvalue weighted by Crippen LogP contribution is 2.36. The number of carbonyl (C=O) groups is 1. The Kier molecular flexibility index (Phi) is 5.74. The topological polar surface area (TPSA) is 87.8 Å². The van der Waals surface area contributed by atoms with Crippen LogP contribution in [-0.2, 0) is 11.3 Å². The van der Waals surface area contributed by atoms with Crippen LogP contribution in [-0.4, -0.2) is 41.7 Å². The van der Waals surface area contributed by atoms with E-state index in [0.717, 1.165) is 29.8 Å². The Labute approximate surface area is 171 Å². The smallest absolute Gasteiger partial charge is 0.251 e. The molecule has 1 amide bonds. The zero-order valence-electron chi connectivity index (χ0n) is 16.8. The van der Waals surface area contributed by atoms with Gasteiger partial charge < -0.3 is 25.8 Å². The number of nitrogens with one attached hydrogen (secondary N) is 1. The van der Waals surface area contributed by atoms with Gasteiger partial charge in [0.15, 0.2) is 0 Å². The van der Waals surface area contributed by atoms with E-state index in [2.05, 4.69) is 29.6 Å². The van der Waals surface area contributed by atoms with E-state index in [4.69, 9.17) is 10.5 Å². The van der Waals surface area contributed by atoms with Crippen LogP contribution in [0.5, 0.6) is 5.75 Å². The van der Waals surface area contributed by atoms with E-state index in [9.17, 15) is 9.90 Å². The van der Waals surface area contributed by atoms with E-state index >= 15 is 0 Å². The molecule has 0 radical (unpaired) electrons. The van der Waals surface area contributed by atoms with E-state index < -0.39 is 6.10 Å². The summed E-state index contributed by atoms with van der Waals surface area (Å²) in [7, 11) is 0. The average molecular weight is 396 g/mol. The molecule has 0 bridgehead atoms. The minimum absolute atomic E-state index is 0.122. The van der Waals surface area contributed by atoms with Crippen molar-refractivity contribution in [2.24, 2.45) is 5.73 Å². The second-order valence-corrected chi connectivity index (χ2v) is 7.94. The number of piperidine rings is 1. The molecule has 2 aromatic carbocycles. The second kappa shape index (κ2) is 8.43. The van der Waals surface area contributed by atoms with Crippen LogP contribution in [0.2, 0.25) is 0 Å². The maximum Gasteiger partial charge on any atom is 0.251 e. The lowest BCUT2D eigenvalue weighted by Gasteiger charge is -2.33. The van der Waals surface area contributed by atoms with Crippen molar-refractivity contribution in [3.63, 3.8) is 0 Å². The van der Waals surface area contributed by atoms with Crippen molar-refractivity contribution in [3.05, 3.63) is 59.2 Å². The molecule has 0 aromatic heterocycles. The first-order chi connectivity index (χ1) is 14.1. The van der Waals surface area contributed by atoms with E-state index in [-0.39, 0.29) is 11.9 Å². The number of hydrogen-bond acceptors (Lipinski definition) is 5.